The zero-order valence-corrected chi connectivity index (χ0v) is 12.2. The molecule has 0 saturated carbocycles. The van der Waals surface area contributed by atoms with Crippen LogP contribution in [0.15, 0.2) is 0 Å². The van der Waals surface area contributed by atoms with Gasteiger partial charge in [0.1, 0.15) is 0 Å². The Hall–Kier alpha value is 0.230. The molecule has 0 aliphatic heterocycles. The molecule has 0 saturated heterocycles. The van der Waals surface area contributed by atoms with Gasteiger partial charge in [-0.15, -0.1) is 0 Å². The summed E-state index contributed by atoms with van der Waals surface area (Å²) in [6, 6.07) is 0.416. The van der Waals surface area contributed by atoms with E-state index >= 15 is 0 Å². The van der Waals surface area contributed by atoms with Crippen LogP contribution in [0.2, 0.25) is 0 Å². The van der Waals surface area contributed by atoms with Crippen molar-refractivity contribution in [2.24, 2.45) is 5.41 Å². The molecule has 1 unspecified atom stereocenters. The zero-order chi connectivity index (χ0) is 12.6. The Bertz CT molecular complexity index is 176. The number of ether oxygens (including phenoxy) is 2. The normalized spacial score (nSPS) is 14.4. The molecule has 4 heteroatoms. The predicted molar refractivity (Wildman–Crippen MR) is 72.4 cm³/mol. The van der Waals surface area contributed by atoms with Crippen molar-refractivity contribution in [3.05, 3.63) is 0 Å². The van der Waals surface area contributed by atoms with Gasteiger partial charge in [-0.1, -0.05) is 13.8 Å². The highest BCUT2D eigenvalue weighted by molar-refractivity contribution is 7.80. The lowest BCUT2D eigenvalue weighted by molar-refractivity contribution is 0.0556. The Labute approximate surface area is 106 Å². The molecular weight excluding hydrogens is 222 g/mol. The maximum absolute atomic E-state index is 5.21. The third kappa shape index (κ3) is 6.74. The van der Waals surface area contributed by atoms with Crippen LogP contribution < -0.4 is 0 Å². The Morgan fingerprint density at radius 1 is 1.25 bits per heavy atom. The standard InChI is InChI=1S/C12H27NO2S/c1-11(8-15-5)13(6-7-14-4)9-12(2,3)10-16/h11,16H,6-10H2,1-5H3. The van der Waals surface area contributed by atoms with Crippen LogP contribution in [0, 0.1) is 5.41 Å². The molecule has 0 fully saturated rings. The maximum Gasteiger partial charge on any atom is 0.0615 e. The van der Waals surface area contributed by atoms with Gasteiger partial charge in [0, 0.05) is 33.4 Å². The first-order valence-corrected chi connectivity index (χ1v) is 6.43. The Morgan fingerprint density at radius 2 is 1.88 bits per heavy atom. The summed E-state index contributed by atoms with van der Waals surface area (Å²) >= 11 is 4.40. The van der Waals surface area contributed by atoms with Crippen LogP contribution in [0.1, 0.15) is 20.8 Å². The maximum atomic E-state index is 5.21. The Balaban J connectivity index is 4.29. The van der Waals surface area contributed by atoms with Gasteiger partial charge in [-0.25, -0.2) is 0 Å². The molecule has 16 heavy (non-hydrogen) atoms. The van der Waals surface area contributed by atoms with E-state index in [1.165, 1.54) is 0 Å². The number of hydrogen-bond donors (Lipinski definition) is 1. The summed E-state index contributed by atoms with van der Waals surface area (Å²) in [5.41, 5.74) is 0.221. The van der Waals surface area contributed by atoms with Crippen LogP contribution in [-0.4, -0.2) is 57.2 Å². The molecule has 0 bridgehead atoms. The summed E-state index contributed by atoms with van der Waals surface area (Å²) in [7, 11) is 3.48. The van der Waals surface area contributed by atoms with Gasteiger partial charge < -0.3 is 9.47 Å². The Kier molecular flexibility index (Phi) is 8.46. The van der Waals surface area contributed by atoms with Crippen LogP contribution in [0.4, 0.5) is 0 Å². The lowest BCUT2D eigenvalue weighted by atomic mass is 9.95. The number of thiol groups is 1. The minimum Gasteiger partial charge on any atom is -0.383 e. The van der Waals surface area contributed by atoms with E-state index in [-0.39, 0.29) is 5.41 Å². The second-order valence-electron chi connectivity index (χ2n) is 5.09. The summed E-state index contributed by atoms with van der Waals surface area (Å²) in [6.07, 6.45) is 0. The number of nitrogens with zero attached hydrogens (tertiary/aromatic N) is 1. The molecule has 0 aromatic carbocycles. The fourth-order valence-electron chi connectivity index (χ4n) is 1.61. The van der Waals surface area contributed by atoms with Crippen molar-refractivity contribution in [3.63, 3.8) is 0 Å². The second kappa shape index (κ2) is 8.34. The third-order valence-electron chi connectivity index (χ3n) is 2.67. The number of methoxy groups -OCH3 is 2. The van der Waals surface area contributed by atoms with Crippen molar-refractivity contribution in [2.45, 2.75) is 26.8 Å². The zero-order valence-electron chi connectivity index (χ0n) is 11.3. The van der Waals surface area contributed by atoms with E-state index in [0.29, 0.717) is 6.04 Å². The van der Waals surface area contributed by atoms with E-state index in [0.717, 1.165) is 32.1 Å². The van der Waals surface area contributed by atoms with Gasteiger partial charge >= 0.3 is 0 Å². The summed E-state index contributed by atoms with van der Waals surface area (Å²) in [4.78, 5) is 2.41. The molecule has 3 nitrogen and oxygen atoms in total. The summed E-state index contributed by atoms with van der Waals surface area (Å²) in [5.74, 6) is 0.885. The topological polar surface area (TPSA) is 21.7 Å². The largest absolute Gasteiger partial charge is 0.383 e. The first-order chi connectivity index (χ1) is 7.46. The third-order valence-corrected chi connectivity index (χ3v) is 3.53. The van der Waals surface area contributed by atoms with Crippen molar-refractivity contribution in [3.8, 4) is 0 Å². The summed E-state index contributed by atoms with van der Waals surface area (Å²) < 4.78 is 10.4. The highest BCUT2D eigenvalue weighted by Gasteiger charge is 2.23. The average Bonchev–Trinajstić information content (AvgIpc) is 2.24. The lowest BCUT2D eigenvalue weighted by Gasteiger charge is -2.35. The molecule has 0 amide bonds. The van der Waals surface area contributed by atoms with Gasteiger partial charge in [0.2, 0.25) is 0 Å². The molecule has 1 atom stereocenters. The minimum absolute atomic E-state index is 0.221. The van der Waals surface area contributed by atoms with Gasteiger partial charge in [0.05, 0.1) is 13.2 Å². The van der Waals surface area contributed by atoms with Gasteiger partial charge in [-0.3, -0.25) is 4.90 Å². The van der Waals surface area contributed by atoms with Crippen LogP contribution in [0.5, 0.6) is 0 Å². The predicted octanol–water partition coefficient (Wildman–Crippen LogP) is 1.93. The summed E-state index contributed by atoms with van der Waals surface area (Å²) in [5, 5.41) is 0. The van der Waals surface area contributed by atoms with Crippen LogP contribution in [0.3, 0.4) is 0 Å². The summed E-state index contributed by atoms with van der Waals surface area (Å²) in [6.45, 7) is 10.1. The van der Waals surface area contributed by atoms with Gasteiger partial charge in [0.15, 0.2) is 0 Å². The van der Waals surface area contributed by atoms with Gasteiger partial charge in [-0.2, -0.15) is 12.6 Å². The van der Waals surface area contributed by atoms with E-state index in [1.54, 1.807) is 14.2 Å². The molecule has 0 N–H and O–H groups in total. The van der Waals surface area contributed by atoms with Crippen LogP contribution >= 0.6 is 12.6 Å². The smallest absolute Gasteiger partial charge is 0.0615 e. The molecule has 0 aliphatic rings. The van der Waals surface area contributed by atoms with Crippen LogP contribution in [-0.2, 0) is 9.47 Å². The van der Waals surface area contributed by atoms with E-state index in [4.69, 9.17) is 9.47 Å². The molecule has 0 spiro atoms. The lowest BCUT2D eigenvalue weighted by Crippen LogP contribution is -2.44. The van der Waals surface area contributed by atoms with Gasteiger partial charge in [-0.05, 0) is 18.1 Å². The highest BCUT2D eigenvalue weighted by Crippen LogP contribution is 2.19. The van der Waals surface area contributed by atoms with E-state index < -0.39 is 0 Å². The fourth-order valence-corrected chi connectivity index (χ4v) is 1.71. The molecule has 0 heterocycles. The number of hydrogen-bond acceptors (Lipinski definition) is 4. The SMILES string of the molecule is COCCN(CC(C)(C)CS)C(C)COC. The minimum atomic E-state index is 0.221. The molecule has 0 rings (SSSR count). The molecular formula is C12H27NO2S. The van der Waals surface area contributed by atoms with E-state index in [2.05, 4.69) is 38.3 Å². The monoisotopic (exact) mass is 249 g/mol. The average molecular weight is 249 g/mol. The van der Waals surface area contributed by atoms with Crippen molar-refractivity contribution in [1.82, 2.24) is 4.90 Å². The Morgan fingerprint density at radius 3 is 2.31 bits per heavy atom. The fraction of sp³-hybridized carbons (Fsp3) is 1.00. The van der Waals surface area contributed by atoms with E-state index in [9.17, 15) is 0 Å². The van der Waals surface area contributed by atoms with Crippen LogP contribution in [0.25, 0.3) is 0 Å². The molecule has 98 valence electrons. The molecule has 0 aromatic heterocycles. The molecule has 0 aliphatic carbocycles. The van der Waals surface area contributed by atoms with E-state index in [1.807, 2.05) is 0 Å². The van der Waals surface area contributed by atoms with Gasteiger partial charge in [0.25, 0.3) is 0 Å². The highest BCUT2D eigenvalue weighted by atomic mass is 32.1. The van der Waals surface area contributed by atoms with Crippen molar-refractivity contribution in [1.29, 1.82) is 0 Å². The first kappa shape index (κ1) is 16.2. The van der Waals surface area contributed by atoms with Crippen molar-refractivity contribution in [2.75, 3.05) is 46.3 Å². The van der Waals surface area contributed by atoms with Crippen molar-refractivity contribution < 1.29 is 9.47 Å². The quantitative estimate of drug-likeness (QED) is 0.631. The molecule has 0 aromatic rings. The molecule has 0 radical (unpaired) electrons. The first-order valence-electron chi connectivity index (χ1n) is 5.79. The second-order valence-corrected chi connectivity index (χ2v) is 5.41. The number of rotatable bonds is 9. The van der Waals surface area contributed by atoms with Crippen molar-refractivity contribution >= 4 is 12.6 Å².